The number of aromatic nitrogens is 1. The summed E-state index contributed by atoms with van der Waals surface area (Å²) in [7, 11) is 0. The van der Waals surface area contributed by atoms with E-state index in [0.29, 0.717) is 11.7 Å². The Kier molecular flexibility index (Phi) is 3.16. The molecule has 0 aliphatic heterocycles. The van der Waals surface area contributed by atoms with Gasteiger partial charge in [-0.15, -0.1) is 11.3 Å². The highest BCUT2D eigenvalue weighted by atomic mass is 32.1. The molecule has 1 saturated carbocycles. The molecule has 21 heavy (non-hydrogen) atoms. The summed E-state index contributed by atoms with van der Waals surface area (Å²) in [5.41, 5.74) is 8.18. The number of rotatable bonds is 5. The normalized spacial score (nSPS) is 15.1. The van der Waals surface area contributed by atoms with Gasteiger partial charge in [0.1, 0.15) is 5.52 Å². The smallest absolute Gasteiger partial charge is 0.209 e. The van der Waals surface area contributed by atoms with Crippen LogP contribution in [0.3, 0.4) is 0 Å². The highest BCUT2D eigenvalue weighted by molar-refractivity contribution is 7.09. The predicted octanol–water partition coefficient (Wildman–Crippen LogP) is 3.64. The Bertz CT molecular complexity index is 746. The average Bonchev–Trinajstić information content (AvgIpc) is 3.03. The van der Waals surface area contributed by atoms with Crippen LogP contribution >= 0.6 is 11.3 Å². The van der Waals surface area contributed by atoms with Crippen LogP contribution < -0.4 is 5.73 Å². The molecule has 0 atom stereocenters. The third-order valence-electron chi connectivity index (χ3n) is 3.84. The number of nitrogens with two attached hydrogens (primary N) is 1. The molecular formula is C16H17N3OS. The molecule has 1 aliphatic rings. The Hall–Kier alpha value is -1.85. The summed E-state index contributed by atoms with van der Waals surface area (Å²) in [6.45, 7) is 1.72. The fourth-order valence-corrected chi connectivity index (χ4v) is 3.34. The molecule has 1 aromatic carbocycles. The lowest BCUT2D eigenvalue weighted by Crippen LogP contribution is -2.24. The lowest BCUT2D eigenvalue weighted by Gasteiger charge is -2.19. The van der Waals surface area contributed by atoms with E-state index in [-0.39, 0.29) is 0 Å². The molecule has 4 rings (SSSR count). The fourth-order valence-electron chi connectivity index (χ4n) is 2.61. The van der Waals surface area contributed by atoms with Crippen molar-refractivity contribution in [2.45, 2.75) is 32.0 Å². The lowest BCUT2D eigenvalue weighted by molar-refractivity contribution is 0.225. The SMILES string of the molecule is Nc1cccc2oc(CN(Cc3cccs3)C3CC3)nc12. The first-order chi connectivity index (χ1) is 10.3. The molecule has 1 fully saturated rings. The summed E-state index contributed by atoms with van der Waals surface area (Å²) < 4.78 is 5.85. The molecule has 0 bridgehead atoms. The van der Waals surface area contributed by atoms with Gasteiger partial charge in [-0.3, -0.25) is 4.90 Å². The standard InChI is InChI=1S/C16H17N3OS/c17-13-4-1-5-14-16(13)18-15(20-14)10-19(11-6-7-11)9-12-3-2-8-21-12/h1-5,8,11H,6-7,9-10,17H2. The number of fused-ring (bicyclic) bond motifs is 1. The maximum absolute atomic E-state index is 5.95. The van der Waals surface area contributed by atoms with Crippen LogP contribution in [-0.2, 0) is 13.1 Å². The van der Waals surface area contributed by atoms with E-state index in [0.717, 1.165) is 30.1 Å². The minimum Gasteiger partial charge on any atom is -0.439 e. The van der Waals surface area contributed by atoms with Crippen LogP contribution in [0.15, 0.2) is 40.1 Å². The molecule has 2 aromatic heterocycles. The minimum absolute atomic E-state index is 0.666. The molecule has 0 radical (unpaired) electrons. The summed E-state index contributed by atoms with van der Waals surface area (Å²) in [5, 5.41) is 2.13. The Balaban J connectivity index is 1.57. The van der Waals surface area contributed by atoms with E-state index in [1.54, 1.807) is 11.3 Å². The van der Waals surface area contributed by atoms with Gasteiger partial charge in [-0.1, -0.05) is 12.1 Å². The largest absolute Gasteiger partial charge is 0.439 e. The first kappa shape index (κ1) is 12.9. The van der Waals surface area contributed by atoms with Crippen molar-refractivity contribution in [2.24, 2.45) is 0 Å². The van der Waals surface area contributed by atoms with E-state index in [9.17, 15) is 0 Å². The Morgan fingerprint density at radius 2 is 2.14 bits per heavy atom. The predicted molar refractivity (Wildman–Crippen MR) is 85.0 cm³/mol. The third kappa shape index (κ3) is 2.66. The number of anilines is 1. The summed E-state index contributed by atoms with van der Waals surface area (Å²) in [5.74, 6) is 0.756. The van der Waals surface area contributed by atoms with Crippen molar-refractivity contribution in [1.82, 2.24) is 9.88 Å². The Morgan fingerprint density at radius 1 is 1.24 bits per heavy atom. The van der Waals surface area contributed by atoms with Crippen LogP contribution in [-0.4, -0.2) is 15.9 Å². The van der Waals surface area contributed by atoms with Crippen molar-refractivity contribution >= 4 is 28.1 Å². The number of hydrogen-bond acceptors (Lipinski definition) is 5. The number of hydrogen-bond donors (Lipinski definition) is 1. The molecular weight excluding hydrogens is 282 g/mol. The van der Waals surface area contributed by atoms with Gasteiger partial charge >= 0.3 is 0 Å². The molecule has 0 amide bonds. The molecule has 4 nitrogen and oxygen atoms in total. The molecule has 108 valence electrons. The number of benzene rings is 1. The van der Waals surface area contributed by atoms with E-state index in [4.69, 9.17) is 10.2 Å². The Labute approximate surface area is 127 Å². The molecule has 2 heterocycles. The van der Waals surface area contributed by atoms with Crippen molar-refractivity contribution in [1.29, 1.82) is 0 Å². The zero-order valence-corrected chi connectivity index (χ0v) is 12.5. The summed E-state index contributed by atoms with van der Waals surface area (Å²) in [6.07, 6.45) is 2.54. The molecule has 1 aliphatic carbocycles. The zero-order valence-electron chi connectivity index (χ0n) is 11.7. The van der Waals surface area contributed by atoms with Crippen molar-refractivity contribution in [2.75, 3.05) is 5.73 Å². The van der Waals surface area contributed by atoms with Gasteiger partial charge in [0.05, 0.1) is 12.2 Å². The van der Waals surface area contributed by atoms with E-state index in [1.807, 2.05) is 18.2 Å². The number of para-hydroxylation sites is 1. The van der Waals surface area contributed by atoms with Crippen LogP contribution in [0.5, 0.6) is 0 Å². The van der Waals surface area contributed by atoms with Gasteiger partial charge in [0, 0.05) is 17.5 Å². The van der Waals surface area contributed by atoms with Crippen molar-refractivity contribution < 1.29 is 4.42 Å². The fraction of sp³-hybridized carbons (Fsp3) is 0.312. The quantitative estimate of drug-likeness (QED) is 0.731. The molecule has 2 N–H and O–H groups in total. The first-order valence-electron chi connectivity index (χ1n) is 7.20. The highest BCUT2D eigenvalue weighted by Gasteiger charge is 2.30. The second-order valence-electron chi connectivity index (χ2n) is 5.52. The number of nitrogen functional groups attached to an aromatic ring is 1. The van der Waals surface area contributed by atoms with Crippen LogP contribution in [0, 0.1) is 0 Å². The second-order valence-corrected chi connectivity index (χ2v) is 6.55. The lowest BCUT2D eigenvalue weighted by atomic mass is 10.3. The van der Waals surface area contributed by atoms with Gasteiger partial charge in [-0.2, -0.15) is 0 Å². The second kappa shape index (κ2) is 5.16. The third-order valence-corrected chi connectivity index (χ3v) is 4.70. The van der Waals surface area contributed by atoms with E-state index < -0.39 is 0 Å². The number of oxazole rings is 1. The summed E-state index contributed by atoms with van der Waals surface area (Å²) in [6, 6.07) is 10.6. The van der Waals surface area contributed by atoms with E-state index in [2.05, 4.69) is 27.4 Å². The first-order valence-corrected chi connectivity index (χ1v) is 8.08. The maximum atomic E-state index is 5.95. The van der Waals surface area contributed by atoms with Gasteiger partial charge in [-0.05, 0) is 36.4 Å². The molecule has 0 saturated heterocycles. The van der Waals surface area contributed by atoms with E-state index in [1.165, 1.54) is 17.7 Å². The minimum atomic E-state index is 0.666. The topological polar surface area (TPSA) is 55.3 Å². The van der Waals surface area contributed by atoms with Crippen LogP contribution in [0.25, 0.3) is 11.1 Å². The van der Waals surface area contributed by atoms with Crippen molar-refractivity contribution in [3.05, 3.63) is 46.5 Å². The van der Waals surface area contributed by atoms with Crippen LogP contribution in [0.4, 0.5) is 5.69 Å². The molecule has 5 heteroatoms. The van der Waals surface area contributed by atoms with Crippen molar-refractivity contribution in [3.8, 4) is 0 Å². The Morgan fingerprint density at radius 3 is 2.86 bits per heavy atom. The van der Waals surface area contributed by atoms with Crippen LogP contribution in [0.1, 0.15) is 23.6 Å². The summed E-state index contributed by atoms with van der Waals surface area (Å²) in [4.78, 5) is 8.40. The van der Waals surface area contributed by atoms with Gasteiger partial charge in [0.2, 0.25) is 5.89 Å². The van der Waals surface area contributed by atoms with Gasteiger partial charge in [0.15, 0.2) is 5.58 Å². The molecule has 3 aromatic rings. The van der Waals surface area contributed by atoms with E-state index >= 15 is 0 Å². The highest BCUT2D eigenvalue weighted by Crippen LogP contribution is 2.31. The number of nitrogens with zero attached hydrogens (tertiary/aromatic N) is 2. The maximum Gasteiger partial charge on any atom is 0.209 e. The van der Waals surface area contributed by atoms with Crippen molar-refractivity contribution in [3.63, 3.8) is 0 Å². The van der Waals surface area contributed by atoms with Crippen LogP contribution in [0.2, 0.25) is 0 Å². The molecule has 0 unspecified atom stereocenters. The van der Waals surface area contributed by atoms with Gasteiger partial charge in [-0.25, -0.2) is 4.98 Å². The summed E-state index contributed by atoms with van der Waals surface area (Å²) >= 11 is 1.80. The monoisotopic (exact) mass is 299 g/mol. The van der Waals surface area contributed by atoms with Gasteiger partial charge in [0.25, 0.3) is 0 Å². The zero-order chi connectivity index (χ0) is 14.2. The average molecular weight is 299 g/mol. The number of thiophene rings is 1. The van der Waals surface area contributed by atoms with Gasteiger partial charge < -0.3 is 10.2 Å². The molecule has 0 spiro atoms.